The van der Waals surface area contributed by atoms with Crippen molar-refractivity contribution in [1.29, 1.82) is 0 Å². The summed E-state index contributed by atoms with van der Waals surface area (Å²) in [7, 11) is 0. The van der Waals surface area contributed by atoms with Crippen LogP contribution in [0, 0.1) is 0 Å². The first-order valence-electron chi connectivity index (χ1n) is 5.18. The minimum atomic E-state index is 0.797. The molecule has 0 aliphatic rings. The molecule has 0 fully saturated rings. The maximum Gasteiger partial charge on any atom is 0.166 e. The van der Waals surface area contributed by atoms with Gasteiger partial charge in [-0.1, -0.05) is 41.6 Å². The molecule has 0 spiro atoms. The first-order chi connectivity index (χ1) is 7.90. The maximum absolute atomic E-state index is 5.08. The molecule has 1 aromatic heterocycles. The second-order valence-corrected chi connectivity index (χ2v) is 3.86. The van der Waals surface area contributed by atoms with Crippen molar-refractivity contribution in [3.8, 4) is 11.3 Å². The predicted molar refractivity (Wildman–Crippen MR) is 69.4 cm³/mol. The van der Waals surface area contributed by atoms with E-state index in [-0.39, 0.29) is 0 Å². The molecule has 0 radical (unpaired) electrons. The summed E-state index contributed by atoms with van der Waals surface area (Å²) in [4.78, 5) is 0. The Bertz CT molecular complexity index is 445. The van der Waals surface area contributed by atoms with Crippen molar-refractivity contribution in [2.45, 2.75) is 6.42 Å². The topological polar surface area (TPSA) is 26.0 Å². The van der Waals surface area contributed by atoms with Crippen LogP contribution < -0.4 is 0 Å². The van der Waals surface area contributed by atoms with Gasteiger partial charge in [0.05, 0.1) is 6.20 Å². The molecule has 0 N–H and O–H groups in total. The third-order valence-electron chi connectivity index (χ3n) is 2.24. The minimum absolute atomic E-state index is 0.797. The van der Waals surface area contributed by atoms with Crippen molar-refractivity contribution in [3.05, 3.63) is 48.2 Å². The molecule has 0 bridgehead atoms. The highest BCUT2D eigenvalue weighted by molar-refractivity contribution is 7.80. The Labute approximate surface area is 100 Å². The fraction of sp³-hybridized carbons (Fsp3) is 0.154. The molecular formula is C13H13NOS. The SMILES string of the molecule is SCCC=Cc1ccc(-c2ccno2)cc1. The molecule has 0 atom stereocenters. The lowest BCUT2D eigenvalue weighted by Gasteiger charge is -1.96. The van der Waals surface area contributed by atoms with E-state index < -0.39 is 0 Å². The summed E-state index contributed by atoms with van der Waals surface area (Å²) < 4.78 is 5.08. The Morgan fingerprint density at radius 3 is 2.62 bits per heavy atom. The van der Waals surface area contributed by atoms with Gasteiger partial charge in [0.15, 0.2) is 5.76 Å². The third-order valence-corrected chi connectivity index (χ3v) is 2.50. The van der Waals surface area contributed by atoms with Gasteiger partial charge in [-0.05, 0) is 17.7 Å². The zero-order valence-electron chi connectivity index (χ0n) is 8.84. The second kappa shape index (κ2) is 5.56. The molecule has 0 unspecified atom stereocenters. The number of thiol groups is 1. The predicted octanol–water partition coefficient (Wildman–Crippen LogP) is 3.67. The van der Waals surface area contributed by atoms with Gasteiger partial charge in [0.25, 0.3) is 0 Å². The van der Waals surface area contributed by atoms with Gasteiger partial charge in [0.2, 0.25) is 0 Å². The smallest absolute Gasteiger partial charge is 0.166 e. The van der Waals surface area contributed by atoms with Gasteiger partial charge >= 0.3 is 0 Å². The summed E-state index contributed by atoms with van der Waals surface area (Å²) in [6.07, 6.45) is 6.86. The Balaban J connectivity index is 2.11. The molecule has 0 aliphatic carbocycles. The molecule has 2 nitrogen and oxygen atoms in total. The number of rotatable bonds is 4. The summed E-state index contributed by atoms with van der Waals surface area (Å²) in [6, 6.07) is 10.0. The van der Waals surface area contributed by atoms with Crippen LogP contribution in [0.2, 0.25) is 0 Å². The minimum Gasteiger partial charge on any atom is -0.356 e. The Morgan fingerprint density at radius 2 is 2.00 bits per heavy atom. The lowest BCUT2D eigenvalue weighted by atomic mass is 10.1. The molecule has 1 heterocycles. The first kappa shape index (κ1) is 11.0. The number of hydrogen-bond donors (Lipinski definition) is 1. The largest absolute Gasteiger partial charge is 0.356 e. The zero-order valence-corrected chi connectivity index (χ0v) is 9.73. The second-order valence-electron chi connectivity index (χ2n) is 3.41. The van der Waals surface area contributed by atoms with Gasteiger partial charge in [-0.15, -0.1) is 0 Å². The fourth-order valence-electron chi connectivity index (χ4n) is 1.42. The van der Waals surface area contributed by atoms with Crippen LogP contribution in [0.1, 0.15) is 12.0 Å². The van der Waals surface area contributed by atoms with Gasteiger partial charge in [-0.3, -0.25) is 0 Å². The van der Waals surface area contributed by atoms with Crippen LogP contribution in [0.15, 0.2) is 47.1 Å². The molecule has 0 amide bonds. The first-order valence-corrected chi connectivity index (χ1v) is 5.82. The number of benzene rings is 1. The number of hydrogen-bond acceptors (Lipinski definition) is 3. The van der Waals surface area contributed by atoms with Gasteiger partial charge in [0.1, 0.15) is 0 Å². The maximum atomic E-state index is 5.08. The van der Waals surface area contributed by atoms with Crippen LogP contribution in [0.4, 0.5) is 0 Å². The number of allylic oxidation sites excluding steroid dienone is 1. The molecule has 0 saturated heterocycles. The number of nitrogens with zero attached hydrogens (tertiary/aromatic N) is 1. The molecule has 82 valence electrons. The van der Waals surface area contributed by atoms with Crippen LogP contribution >= 0.6 is 12.6 Å². The molecule has 3 heteroatoms. The highest BCUT2D eigenvalue weighted by Gasteiger charge is 1.99. The average molecular weight is 231 g/mol. The fourth-order valence-corrected chi connectivity index (χ4v) is 1.57. The molecule has 2 aromatic rings. The number of aromatic nitrogens is 1. The lowest BCUT2D eigenvalue weighted by Crippen LogP contribution is -1.76. The summed E-state index contributed by atoms with van der Waals surface area (Å²) in [6.45, 7) is 0. The van der Waals surface area contributed by atoms with Crippen LogP contribution in [0.25, 0.3) is 17.4 Å². The van der Waals surface area contributed by atoms with E-state index in [4.69, 9.17) is 4.52 Å². The third kappa shape index (κ3) is 2.76. The van der Waals surface area contributed by atoms with E-state index in [1.807, 2.05) is 18.2 Å². The Hall–Kier alpha value is -1.48. The van der Waals surface area contributed by atoms with Crippen LogP contribution in [0.3, 0.4) is 0 Å². The van der Waals surface area contributed by atoms with Crippen molar-refractivity contribution in [2.24, 2.45) is 0 Å². The van der Waals surface area contributed by atoms with E-state index in [0.29, 0.717) is 0 Å². The normalized spacial score (nSPS) is 11.1. The van der Waals surface area contributed by atoms with E-state index in [0.717, 1.165) is 23.5 Å². The van der Waals surface area contributed by atoms with Crippen molar-refractivity contribution in [3.63, 3.8) is 0 Å². The highest BCUT2D eigenvalue weighted by Crippen LogP contribution is 2.19. The van der Waals surface area contributed by atoms with E-state index in [9.17, 15) is 0 Å². The van der Waals surface area contributed by atoms with E-state index in [2.05, 4.69) is 42.1 Å². The molecule has 0 aliphatic heterocycles. The van der Waals surface area contributed by atoms with Crippen LogP contribution in [-0.4, -0.2) is 10.9 Å². The molecule has 2 rings (SSSR count). The quantitative estimate of drug-likeness (QED) is 0.812. The van der Waals surface area contributed by atoms with E-state index in [1.54, 1.807) is 6.20 Å². The summed E-state index contributed by atoms with van der Waals surface area (Å²) in [5, 5.41) is 3.68. The van der Waals surface area contributed by atoms with Crippen molar-refractivity contribution in [1.82, 2.24) is 5.16 Å². The van der Waals surface area contributed by atoms with Crippen LogP contribution in [0.5, 0.6) is 0 Å². The average Bonchev–Trinajstić information content (AvgIpc) is 2.84. The molecule has 0 saturated carbocycles. The van der Waals surface area contributed by atoms with Gasteiger partial charge in [-0.25, -0.2) is 0 Å². The van der Waals surface area contributed by atoms with E-state index >= 15 is 0 Å². The summed E-state index contributed by atoms with van der Waals surface area (Å²) in [5.41, 5.74) is 2.23. The zero-order chi connectivity index (χ0) is 11.2. The van der Waals surface area contributed by atoms with Crippen LogP contribution in [-0.2, 0) is 0 Å². The Morgan fingerprint density at radius 1 is 1.19 bits per heavy atom. The van der Waals surface area contributed by atoms with E-state index in [1.165, 1.54) is 5.56 Å². The molecule has 1 aromatic carbocycles. The van der Waals surface area contributed by atoms with Crippen molar-refractivity contribution < 1.29 is 4.52 Å². The van der Waals surface area contributed by atoms with Crippen molar-refractivity contribution in [2.75, 3.05) is 5.75 Å². The molecular weight excluding hydrogens is 218 g/mol. The molecule has 16 heavy (non-hydrogen) atoms. The van der Waals surface area contributed by atoms with Crippen molar-refractivity contribution >= 4 is 18.7 Å². The van der Waals surface area contributed by atoms with Gasteiger partial charge < -0.3 is 4.52 Å². The van der Waals surface area contributed by atoms with Gasteiger partial charge in [0, 0.05) is 11.6 Å². The monoisotopic (exact) mass is 231 g/mol. The summed E-state index contributed by atoms with van der Waals surface area (Å²) in [5.74, 6) is 1.68. The van der Waals surface area contributed by atoms with Gasteiger partial charge in [-0.2, -0.15) is 12.6 Å². The highest BCUT2D eigenvalue weighted by atomic mass is 32.1. The summed E-state index contributed by atoms with van der Waals surface area (Å²) >= 11 is 4.15. The standard InChI is InChI=1S/C13H13NOS/c16-10-2-1-3-11-4-6-12(7-5-11)13-8-9-14-15-13/h1,3-9,16H,2,10H2. The lowest BCUT2D eigenvalue weighted by molar-refractivity contribution is 0.432. The Kier molecular flexibility index (Phi) is 3.83.